The fraction of sp³-hybridized carbons (Fsp3) is 0.824. The first-order valence-electron chi connectivity index (χ1n) is 8.75. The quantitative estimate of drug-likeness (QED) is 0.874. The van der Waals surface area contributed by atoms with Crippen LogP contribution in [0.5, 0.6) is 0 Å². The lowest BCUT2D eigenvalue weighted by Crippen LogP contribution is -2.53. The fourth-order valence-corrected chi connectivity index (χ4v) is 4.02. The largest absolute Gasteiger partial charge is 0.370 e. The average molecular weight is 305 g/mol. The molecule has 0 bridgehead atoms. The lowest BCUT2D eigenvalue weighted by Gasteiger charge is -2.43. The second-order valence-electron chi connectivity index (χ2n) is 7.41. The monoisotopic (exact) mass is 305 g/mol. The van der Waals surface area contributed by atoms with Gasteiger partial charge in [-0.05, 0) is 33.9 Å². The third-order valence-corrected chi connectivity index (χ3v) is 5.53. The molecule has 3 rings (SSSR count). The van der Waals surface area contributed by atoms with Crippen molar-refractivity contribution in [2.75, 3.05) is 39.0 Å². The van der Waals surface area contributed by atoms with E-state index in [1.54, 1.807) is 0 Å². The first-order chi connectivity index (χ1) is 10.6. The Morgan fingerprint density at radius 2 is 2.14 bits per heavy atom. The van der Waals surface area contributed by atoms with Crippen LogP contribution in [-0.2, 0) is 6.54 Å². The molecule has 0 spiro atoms. The summed E-state index contributed by atoms with van der Waals surface area (Å²) in [4.78, 5) is 2.45. The highest BCUT2D eigenvalue weighted by Gasteiger charge is 2.34. The van der Waals surface area contributed by atoms with Crippen LogP contribution in [0.2, 0.25) is 0 Å². The molecule has 1 aromatic rings. The van der Waals surface area contributed by atoms with Crippen LogP contribution in [0.4, 0.5) is 5.82 Å². The molecule has 22 heavy (non-hydrogen) atoms. The van der Waals surface area contributed by atoms with Gasteiger partial charge in [-0.1, -0.05) is 19.3 Å². The number of anilines is 1. The van der Waals surface area contributed by atoms with E-state index in [-0.39, 0.29) is 0 Å². The summed E-state index contributed by atoms with van der Waals surface area (Å²) in [7, 11) is 4.49. The van der Waals surface area contributed by atoms with E-state index in [1.807, 2.05) is 0 Å². The zero-order chi connectivity index (χ0) is 15.6. The molecule has 2 heterocycles. The lowest BCUT2D eigenvalue weighted by atomic mass is 9.80. The van der Waals surface area contributed by atoms with Gasteiger partial charge < -0.3 is 15.5 Å². The third-order valence-electron chi connectivity index (χ3n) is 5.53. The molecule has 2 N–H and O–H groups in total. The maximum absolute atomic E-state index is 4.56. The molecule has 1 fully saturated rings. The van der Waals surface area contributed by atoms with Gasteiger partial charge in [0, 0.05) is 43.7 Å². The van der Waals surface area contributed by atoms with E-state index in [9.17, 15) is 0 Å². The highest BCUT2D eigenvalue weighted by Crippen LogP contribution is 2.31. The Balaban J connectivity index is 1.50. The first-order valence-corrected chi connectivity index (χ1v) is 8.75. The Morgan fingerprint density at radius 1 is 1.36 bits per heavy atom. The molecule has 0 unspecified atom stereocenters. The van der Waals surface area contributed by atoms with E-state index < -0.39 is 0 Å². The van der Waals surface area contributed by atoms with Crippen molar-refractivity contribution >= 4 is 5.82 Å². The van der Waals surface area contributed by atoms with Gasteiger partial charge in [0.2, 0.25) is 0 Å². The number of likely N-dealkylation sites (N-methyl/N-ethyl adjacent to an activating group) is 1. The molecular formula is C17H31N5. The molecule has 124 valence electrons. The fourth-order valence-electron chi connectivity index (χ4n) is 4.02. The van der Waals surface area contributed by atoms with Crippen LogP contribution >= 0.6 is 0 Å². The number of rotatable bonds is 5. The Hall–Kier alpha value is -1.07. The first kappa shape index (κ1) is 15.8. The summed E-state index contributed by atoms with van der Waals surface area (Å²) in [6, 6.07) is 2.13. The van der Waals surface area contributed by atoms with E-state index in [1.165, 1.54) is 37.9 Å². The summed E-state index contributed by atoms with van der Waals surface area (Å²) in [6.45, 7) is 6.32. The summed E-state index contributed by atoms with van der Waals surface area (Å²) >= 11 is 0. The molecule has 1 aromatic heterocycles. The number of aryl methyl sites for hydroxylation is 1. The second-order valence-corrected chi connectivity index (χ2v) is 7.41. The van der Waals surface area contributed by atoms with Crippen molar-refractivity contribution in [1.29, 1.82) is 0 Å². The minimum Gasteiger partial charge on any atom is -0.370 e. The molecular weight excluding hydrogens is 274 g/mol. The van der Waals surface area contributed by atoms with Crippen LogP contribution in [0.25, 0.3) is 0 Å². The number of nitrogens with one attached hydrogen (secondary N) is 2. The summed E-state index contributed by atoms with van der Waals surface area (Å²) in [6.07, 6.45) is 6.82. The molecule has 5 heteroatoms. The van der Waals surface area contributed by atoms with Crippen LogP contribution in [0.1, 0.15) is 37.8 Å². The van der Waals surface area contributed by atoms with Gasteiger partial charge in [0.05, 0.1) is 5.69 Å². The van der Waals surface area contributed by atoms with Gasteiger partial charge in [0.1, 0.15) is 5.82 Å². The summed E-state index contributed by atoms with van der Waals surface area (Å²) < 4.78 is 2.12. The van der Waals surface area contributed by atoms with Crippen molar-refractivity contribution in [2.24, 2.45) is 5.92 Å². The van der Waals surface area contributed by atoms with Crippen molar-refractivity contribution in [3.63, 3.8) is 0 Å². The minimum atomic E-state index is 0.369. The topological polar surface area (TPSA) is 45.1 Å². The van der Waals surface area contributed by atoms with E-state index in [0.29, 0.717) is 11.5 Å². The molecule has 1 aliphatic heterocycles. The maximum atomic E-state index is 4.56. The van der Waals surface area contributed by atoms with E-state index in [2.05, 4.69) is 52.4 Å². The van der Waals surface area contributed by atoms with Crippen LogP contribution in [0.15, 0.2) is 6.07 Å². The van der Waals surface area contributed by atoms with Gasteiger partial charge in [-0.2, -0.15) is 5.10 Å². The van der Waals surface area contributed by atoms with Gasteiger partial charge in [0.25, 0.3) is 0 Å². The van der Waals surface area contributed by atoms with Crippen LogP contribution in [0, 0.1) is 12.8 Å². The standard InChI is InChI=1S/C17H31N5/c1-14-9-16-19-11-15(12-22(16)20-14)10-18-13-17(21(2)3)7-5-4-6-8-17/h9,15,18-19H,4-8,10-13H2,1-3H3/t15-/m1/s1. The number of nitrogens with zero attached hydrogens (tertiary/aromatic N) is 3. The molecule has 0 radical (unpaired) electrons. The average Bonchev–Trinajstić information content (AvgIpc) is 2.87. The molecule has 2 aliphatic rings. The second kappa shape index (κ2) is 6.59. The number of hydrogen-bond donors (Lipinski definition) is 2. The normalized spacial score (nSPS) is 24.1. The van der Waals surface area contributed by atoms with Crippen molar-refractivity contribution in [3.05, 3.63) is 11.8 Å². The van der Waals surface area contributed by atoms with Crippen molar-refractivity contribution < 1.29 is 0 Å². The van der Waals surface area contributed by atoms with Gasteiger partial charge in [-0.3, -0.25) is 0 Å². The van der Waals surface area contributed by atoms with Gasteiger partial charge >= 0.3 is 0 Å². The SMILES string of the molecule is Cc1cc2n(n1)C[C@H](CNCC1(N(C)C)CCCCC1)CN2. The van der Waals surface area contributed by atoms with E-state index in [0.717, 1.165) is 31.9 Å². The van der Waals surface area contributed by atoms with Crippen LogP contribution in [-0.4, -0.2) is 53.9 Å². The Labute approximate surface area is 134 Å². The summed E-state index contributed by atoms with van der Waals surface area (Å²) in [5.74, 6) is 1.79. The molecule has 1 atom stereocenters. The highest BCUT2D eigenvalue weighted by atomic mass is 15.3. The molecule has 0 saturated heterocycles. The minimum absolute atomic E-state index is 0.369. The predicted octanol–water partition coefficient (Wildman–Crippen LogP) is 2.09. The van der Waals surface area contributed by atoms with Crippen LogP contribution in [0.3, 0.4) is 0 Å². The molecule has 0 amide bonds. The highest BCUT2D eigenvalue weighted by molar-refractivity contribution is 5.38. The summed E-state index contributed by atoms with van der Waals surface area (Å²) in [5.41, 5.74) is 1.47. The maximum Gasteiger partial charge on any atom is 0.124 e. The molecule has 0 aromatic carbocycles. The number of fused-ring (bicyclic) bond motifs is 1. The third kappa shape index (κ3) is 3.30. The Bertz CT molecular complexity index is 487. The van der Waals surface area contributed by atoms with E-state index >= 15 is 0 Å². The van der Waals surface area contributed by atoms with E-state index in [4.69, 9.17) is 0 Å². The van der Waals surface area contributed by atoms with Gasteiger partial charge in [-0.15, -0.1) is 0 Å². The molecule has 1 saturated carbocycles. The number of aromatic nitrogens is 2. The zero-order valence-electron chi connectivity index (χ0n) is 14.4. The Morgan fingerprint density at radius 3 is 2.86 bits per heavy atom. The predicted molar refractivity (Wildman–Crippen MR) is 91.3 cm³/mol. The molecule has 5 nitrogen and oxygen atoms in total. The zero-order valence-corrected chi connectivity index (χ0v) is 14.4. The molecule has 1 aliphatic carbocycles. The smallest absolute Gasteiger partial charge is 0.124 e. The Kier molecular flexibility index (Phi) is 4.73. The summed E-state index contributed by atoms with van der Waals surface area (Å²) in [5, 5.41) is 11.8. The van der Waals surface area contributed by atoms with Crippen molar-refractivity contribution in [3.8, 4) is 0 Å². The number of hydrogen-bond acceptors (Lipinski definition) is 4. The van der Waals surface area contributed by atoms with Gasteiger partial charge in [-0.25, -0.2) is 4.68 Å². The van der Waals surface area contributed by atoms with Crippen molar-refractivity contribution in [2.45, 2.75) is 51.1 Å². The van der Waals surface area contributed by atoms with Gasteiger partial charge in [0.15, 0.2) is 0 Å². The van der Waals surface area contributed by atoms with Crippen LogP contribution < -0.4 is 10.6 Å². The van der Waals surface area contributed by atoms with Crippen molar-refractivity contribution in [1.82, 2.24) is 20.0 Å². The lowest BCUT2D eigenvalue weighted by molar-refractivity contribution is 0.0972.